The highest BCUT2D eigenvalue weighted by molar-refractivity contribution is 5.51. The average molecular weight is 325 g/mol. The highest BCUT2D eigenvalue weighted by Gasteiger charge is 2.18. The summed E-state index contributed by atoms with van der Waals surface area (Å²) in [5.41, 5.74) is 2.15. The van der Waals surface area contributed by atoms with Gasteiger partial charge in [0.25, 0.3) is 0 Å². The minimum atomic E-state index is -0.302. The molecule has 0 unspecified atom stereocenters. The second kappa shape index (κ2) is 7.33. The molecule has 124 valence electrons. The van der Waals surface area contributed by atoms with Crippen LogP contribution in [0.5, 0.6) is 5.75 Å². The van der Waals surface area contributed by atoms with Gasteiger partial charge < -0.3 is 9.64 Å². The lowest BCUT2D eigenvalue weighted by Crippen LogP contribution is -2.46. The summed E-state index contributed by atoms with van der Waals surface area (Å²) in [6, 6.07) is 14.7. The molecular weight excluding hydrogens is 305 g/mol. The Kier molecular flexibility index (Phi) is 4.97. The van der Waals surface area contributed by atoms with Gasteiger partial charge in [0.2, 0.25) is 0 Å². The van der Waals surface area contributed by atoms with E-state index in [0.717, 1.165) is 37.6 Å². The van der Waals surface area contributed by atoms with E-state index in [1.54, 1.807) is 19.2 Å². The highest BCUT2D eigenvalue weighted by atomic mass is 19.1. The Morgan fingerprint density at radius 1 is 1.12 bits per heavy atom. The van der Waals surface area contributed by atoms with Crippen LogP contribution in [0.3, 0.4) is 0 Å². The van der Waals surface area contributed by atoms with Crippen molar-refractivity contribution in [2.45, 2.75) is 6.54 Å². The van der Waals surface area contributed by atoms with E-state index in [2.05, 4.69) is 15.9 Å². The standard InChI is InChI=1S/C19H20FN3O/c1-24-18-4-2-3-17(12-18)23-9-7-22(8-10-23)14-16-6-5-15(13-21)11-19(16)20/h2-6,11-12H,7-10,14H2,1H3. The molecule has 4 nitrogen and oxygen atoms in total. The maximum atomic E-state index is 14.0. The van der Waals surface area contributed by atoms with Crippen molar-refractivity contribution in [2.24, 2.45) is 0 Å². The van der Waals surface area contributed by atoms with Gasteiger partial charge in [0, 0.05) is 50.0 Å². The number of methoxy groups -OCH3 is 1. The molecule has 1 aliphatic rings. The zero-order valence-corrected chi connectivity index (χ0v) is 13.7. The van der Waals surface area contributed by atoms with Crippen LogP contribution in [-0.2, 0) is 6.54 Å². The van der Waals surface area contributed by atoms with Crippen LogP contribution in [0.1, 0.15) is 11.1 Å². The molecule has 0 N–H and O–H groups in total. The number of piperazine rings is 1. The second-order valence-corrected chi connectivity index (χ2v) is 5.88. The molecule has 3 rings (SSSR count). The summed E-state index contributed by atoms with van der Waals surface area (Å²) in [5, 5.41) is 8.81. The number of halogens is 1. The fraction of sp³-hybridized carbons (Fsp3) is 0.316. The van der Waals surface area contributed by atoms with E-state index in [0.29, 0.717) is 17.7 Å². The van der Waals surface area contributed by atoms with E-state index >= 15 is 0 Å². The van der Waals surface area contributed by atoms with E-state index in [1.165, 1.54) is 6.07 Å². The third-order valence-corrected chi connectivity index (χ3v) is 4.37. The lowest BCUT2D eigenvalue weighted by molar-refractivity contribution is 0.246. The average Bonchev–Trinajstić information content (AvgIpc) is 2.64. The zero-order chi connectivity index (χ0) is 16.9. The molecule has 0 saturated carbocycles. The fourth-order valence-electron chi connectivity index (χ4n) is 2.96. The zero-order valence-electron chi connectivity index (χ0n) is 13.7. The topological polar surface area (TPSA) is 39.5 Å². The number of anilines is 1. The normalized spacial score (nSPS) is 15.1. The van der Waals surface area contributed by atoms with Crippen molar-refractivity contribution in [3.05, 3.63) is 59.4 Å². The van der Waals surface area contributed by atoms with Crippen LogP contribution in [0.2, 0.25) is 0 Å². The Balaban J connectivity index is 1.60. The number of rotatable bonds is 4. The molecule has 0 amide bonds. The Hall–Kier alpha value is -2.58. The molecule has 1 saturated heterocycles. The summed E-state index contributed by atoms with van der Waals surface area (Å²) in [5.74, 6) is 0.554. The first-order valence-corrected chi connectivity index (χ1v) is 7.99. The van der Waals surface area contributed by atoms with Gasteiger partial charge in [-0.05, 0) is 24.3 Å². The fourth-order valence-corrected chi connectivity index (χ4v) is 2.96. The smallest absolute Gasteiger partial charge is 0.129 e. The molecule has 1 aliphatic heterocycles. The summed E-state index contributed by atoms with van der Waals surface area (Å²) in [4.78, 5) is 4.55. The predicted molar refractivity (Wildman–Crippen MR) is 91.6 cm³/mol. The van der Waals surface area contributed by atoms with Gasteiger partial charge in [0.1, 0.15) is 11.6 Å². The maximum absolute atomic E-state index is 14.0. The van der Waals surface area contributed by atoms with E-state index in [1.807, 2.05) is 24.3 Å². The van der Waals surface area contributed by atoms with Crippen LogP contribution in [0.4, 0.5) is 10.1 Å². The van der Waals surface area contributed by atoms with Gasteiger partial charge in [0.15, 0.2) is 0 Å². The molecule has 0 aromatic heterocycles. The molecule has 0 spiro atoms. The van der Waals surface area contributed by atoms with Crippen LogP contribution in [0, 0.1) is 17.1 Å². The molecule has 0 radical (unpaired) electrons. The SMILES string of the molecule is COc1cccc(N2CCN(Cc3ccc(C#N)cc3F)CC2)c1. The molecule has 0 bridgehead atoms. The Morgan fingerprint density at radius 3 is 2.58 bits per heavy atom. The number of hydrogen-bond donors (Lipinski definition) is 0. The molecule has 24 heavy (non-hydrogen) atoms. The van der Waals surface area contributed by atoms with Gasteiger partial charge in [-0.1, -0.05) is 12.1 Å². The van der Waals surface area contributed by atoms with Gasteiger partial charge in [0.05, 0.1) is 18.7 Å². The monoisotopic (exact) mass is 325 g/mol. The minimum absolute atomic E-state index is 0.302. The van der Waals surface area contributed by atoms with E-state index in [4.69, 9.17) is 10.00 Å². The molecule has 5 heteroatoms. The van der Waals surface area contributed by atoms with Gasteiger partial charge in [-0.25, -0.2) is 4.39 Å². The molecule has 1 heterocycles. The molecule has 0 aliphatic carbocycles. The predicted octanol–water partition coefficient (Wildman–Crippen LogP) is 3.03. The van der Waals surface area contributed by atoms with Crippen molar-refractivity contribution in [3.8, 4) is 11.8 Å². The Morgan fingerprint density at radius 2 is 1.92 bits per heavy atom. The lowest BCUT2D eigenvalue weighted by Gasteiger charge is -2.36. The highest BCUT2D eigenvalue weighted by Crippen LogP contribution is 2.22. The van der Waals surface area contributed by atoms with Crippen molar-refractivity contribution in [2.75, 3.05) is 38.2 Å². The Labute approximate surface area is 141 Å². The Bertz CT molecular complexity index is 749. The summed E-state index contributed by atoms with van der Waals surface area (Å²) >= 11 is 0. The number of nitriles is 1. The van der Waals surface area contributed by atoms with Crippen LogP contribution in [-0.4, -0.2) is 38.2 Å². The van der Waals surface area contributed by atoms with Gasteiger partial charge in [-0.2, -0.15) is 5.26 Å². The number of benzene rings is 2. The second-order valence-electron chi connectivity index (χ2n) is 5.88. The van der Waals surface area contributed by atoms with Gasteiger partial charge in [-0.15, -0.1) is 0 Å². The first kappa shape index (κ1) is 16.3. The summed E-state index contributed by atoms with van der Waals surface area (Å²) < 4.78 is 19.3. The maximum Gasteiger partial charge on any atom is 0.129 e. The third-order valence-electron chi connectivity index (χ3n) is 4.37. The molecular formula is C19H20FN3O. The minimum Gasteiger partial charge on any atom is -0.497 e. The van der Waals surface area contributed by atoms with Crippen molar-refractivity contribution in [1.82, 2.24) is 4.90 Å². The number of ether oxygens (including phenoxy) is 1. The van der Waals surface area contributed by atoms with Gasteiger partial charge >= 0.3 is 0 Å². The van der Waals surface area contributed by atoms with E-state index < -0.39 is 0 Å². The van der Waals surface area contributed by atoms with Crippen LogP contribution >= 0.6 is 0 Å². The van der Waals surface area contributed by atoms with Crippen LogP contribution in [0.15, 0.2) is 42.5 Å². The van der Waals surface area contributed by atoms with Gasteiger partial charge in [-0.3, -0.25) is 4.90 Å². The summed E-state index contributed by atoms with van der Waals surface area (Å²) in [7, 11) is 1.67. The third kappa shape index (κ3) is 3.66. The summed E-state index contributed by atoms with van der Waals surface area (Å²) in [6.07, 6.45) is 0. The quantitative estimate of drug-likeness (QED) is 0.866. The lowest BCUT2D eigenvalue weighted by atomic mass is 10.1. The van der Waals surface area contributed by atoms with Crippen molar-refractivity contribution in [1.29, 1.82) is 5.26 Å². The van der Waals surface area contributed by atoms with Crippen LogP contribution in [0.25, 0.3) is 0 Å². The van der Waals surface area contributed by atoms with Crippen LogP contribution < -0.4 is 9.64 Å². The molecule has 2 aromatic carbocycles. The first-order chi connectivity index (χ1) is 11.7. The van der Waals surface area contributed by atoms with Crippen molar-refractivity contribution in [3.63, 3.8) is 0 Å². The van der Waals surface area contributed by atoms with Crippen molar-refractivity contribution >= 4 is 5.69 Å². The molecule has 0 atom stereocenters. The largest absolute Gasteiger partial charge is 0.497 e. The number of nitrogens with zero attached hydrogens (tertiary/aromatic N) is 3. The molecule has 1 fully saturated rings. The van der Waals surface area contributed by atoms with E-state index in [-0.39, 0.29) is 5.82 Å². The molecule has 2 aromatic rings. The van der Waals surface area contributed by atoms with Crippen molar-refractivity contribution < 1.29 is 9.13 Å². The first-order valence-electron chi connectivity index (χ1n) is 7.99. The number of hydrogen-bond acceptors (Lipinski definition) is 4. The van der Waals surface area contributed by atoms with E-state index in [9.17, 15) is 4.39 Å². The summed E-state index contributed by atoms with van der Waals surface area (Å²) in [6.45, 7) is 4.10.